The van der Waals surface area contributed by atoms with Gasteiger partial charge in [0.05, 0.1) is 21.9 Å². The first kappa shape index (κ1) is 19.9. The van der Waals surface area contributed by atoms with Crippen LogP contribution in [0.5, 0.6) is 0 Å². The molecule has 0 amide bonds. The number of hydrogen-bond donors (Lipinski definition) is 1. The van der Waals surface area contributed by atoms with Crippen LogP contribution in [0.25, 0.3) is 0 Å². The Morgan fingerprint density at radius 1 is 0.793 bits per heavy atom. The number of rotatable bonds is 5. The number of nitrogens with one attached hydrogen (secondary N) is 1. The predicted molar refractivity (Wildman–Crippen MR) is 114 cm³/mol. The fourth-order valence-electron chi connectivity index (χ4n) is 3.56. The molecular weight excluding hydrogens is 413 g/mol. The number of hydrogen-bond acceptors (Lipinski definition) is 2. The zero-order valence-corrected chi connectivity index (χ0v) is 16.9. The molecule has 3 aromatic rings. The number of amidine groups is 1. The second kappa shape index (κ2) is 8.52. The molecule has 6 heteroatoms. The number of nitrogens with zero attached hydrogens (tertiary/aromatic N) is 1. The maximum absolute atomic E-state index is 13.8. The zero-order chi connectivity index (χ0) is 20.4. The van der Waals surface area contributed by atoms with E-state index in [1.165, 1.54) is 24.3 Å². The molecule has 0 radical (unpaired) electrons. The van der Waals surface area contributed by atoms with Crippen LogP contribution in [-0.4, -0.2) is 5.84 Å². The van der Waals surface area contributed by atoms with E-state index in [9.17, 15) is 8.78 Å². The first-order chi connectivity index (χ1) is 14.0. The van der Waals surface area contributed by atoms with Gasteiger partial charge in [0, 0.05) is 6.42 Å². The first-order valence-corrected chi connectivity index (χ1v) is 10.0. The van der Waals surface area contributed by atoms with Crippen LogP contribution in [-0.2, 0) is 6.42 Å². The topological polar surface area (TPSA) is 24.4 Å². The number of halogens is 4. The molecule has 148 valence electrons. The third-order valence-electron chi connectivity index (χ3n) is 4.97. The number of aliphatic imine (C=N–C) groups is 1. The minimum Gasteiger partial charge on any atom is -0.364 e. The molecule has 4 rings (SSSR count). The largest absolute Gasteiger partial charge is 0.364 e. The van der Waals surface area contributed by atoms with Gasteiger partial charge in [0.15, 0.2) is 0 Å². The molecule has 1 N–H and O–H groups in total. The summed E-state index contributed by atoms with van der Waals surface area (Å²) >= 11 is 12.1. The molecule has 0 spiro atoms. The van der Waals surface area contributed by atoms with Crippen molar-refractivity contribution in [1.82, 2.24) is 5.32 Å². The molecule has 2 nitrogen and oxygen atoms in total. The molecule has 1 aliphatic heterocycles. The SMILES string of the molecule is Fc1cccc([C@H]2NC(CCc3ccc(Cl)c(Cl)c3)=N[C@H]2c2cccc(F)c2)c1. The Labute approximate surface area is 178 Å². The summed E-state index contributed by atoms with van der Waals surface area (Å²) in [6, 6.07) is 17.7. The second-order valence-corrected chi connectivity index (χ2v) is 7.82. The van der Waals surface area contributed by atoms with Crippen LogP contribution in [0.4, 0.5) is 8.78 Å². The molecule has 0 bridgehead atoms. The Hall–Kier alpha value is -2.43. The maximum atomic E-state index is 13.8. The van der Waals surface area contributed by atoms with E-state index in [2.05, 4.69) is 5.32 Å². The molecule has 29 heavy (non-hydrogen) atoms. The number of benzene rings is 3. The van der Waals surface area contributed by atoms with E-state index in [-0.39, 0.29) is 23.7 Å². The van der Waals surface area contributed by atoms with Crippen molar-refractivity contribution in [1.29, 1.82) is 0 Å². The Balaban J connectivity index is 1.59. The molecule has 0 saturated carbocycles. The molecular formula is C23H18Cl2F2N2. The van der Waals surface area contributed by atoms with Gasteiger partial charge in [-0.15, -0.1) is 0 Å². The van der Waals surface area contributed by atoms with Gasteiger partial charge in [-0.2, -0.15) is 0 Å². The van der Waals surface area contributed by atoms with Gasteiger partial charge in [0.1, 0.15) is 17.7 Å². The summed E-state index contributed by atoms with van der Waals surface area (Å²) in [6.07, 6.45) is 1.37. The second-order valence-electron chi connectivity index (χ2n) is 7.00. The van der Waals surface area contributed by atoms with Gasteiger partial charge < -0.3 is 5.32 Å². The van der Waals surface area contributed by atoms with Crippen molar-refractivity contribution >= 4 is 29.0 Å². The molecule has 0 saturated heterocycles. The summed E-state index contributed by atoms with van der Waals surface area (Å²) < 4.78 is 27.6. The Kier molecular flexibility index (Phi) is 5.84. The molecule has 0 aliphatic carbocycles. The van der Waals surface area contributed by atoms with E-state index in [4.69, 9.17) is 28.2 Å². The van der Waals surface area contributed by atoms with Crippen LogP contribution in [0, 0.1) is 11.6 Å². The highest BCUT2D eigenvalue weighted by atomic mass is 35.5. The van der Waals surface area contributed by atoms with Gasteiger partial charge in [0.25, 0.3) is 0 Å². The quantitative estimate of drug-likeness (QED) is 0.478. The number of aryl methyl sites for hydroxylation is 1. The van der Waals surface area contributed by atoms with Gasteiger partial charge in [-0.05, 0) is 59.5 Å². The average molecular weight is 431 g/mol. The van der Waals surface area contributed by atoms with Crippen LogP contribution >= 0.6 is 23.2 Å². The molecule has 1 aliphatic rings. The Morgan fingerprint density at radius 3 is 2.17 bits per heavy atom. The standard InChI is InChI=1S/C23H18Cl2F2N2/c24-19-9-7-14(11-20(19)25)8-10-21-28-22(15-3-1-5-17(26)12-15)23(29-21)16-4-2-6-18(27)13-16/h1-7,9,11-13,22-23H,8,10H2,(H,28,29)/t22-,23+. The smallest absolute Gasteiger partial charge is 0.123 e. The van der Waals surface area contributed by atoms with Crippen LogP contribution < -0.4 is 5.32 Å². The monoisotopic (exact) mass is 430 g/mol. The van der Waals surface area contributed by atoms with Crippen LogP contribution in [0.3, 0.4) is 0 Å². The van der Waals surface area contributed by atoms with Crippen molar-refractivity contribution in [3.05, 3.63) is 105 Å². The van der Waals surface area contributed by atoms with E-state index >= 15 is 0 Å². The highest BCUT2D eigenvalue weighted by Gasteiger charge is 2.31. The van der Waals surface area contributed by atoms with Crippen molar-refractivity contribution in [3.8, 4) is 0 Å². The van der Waals surface area contributed by atoms with Crippen molar-refractivity contribution in [2.45, 2.75) is 24.9 Å². The predicted octanol–water partition coefficient (Wildman–Crippen LogP) is 6.69. The van der Waals surface area contributed by atoms with Crippen LogP contribution in [0.1, 0.15) is 35.2 Å². The van der Waals surface area contributed by atoms with Crippen molar-refractivity contribution in [2.75, 3.05) is 0 Å². The fourth-order valence-corrected chi connectivity index (χ4v) is 3.88. The lowest BCUT2D eigenvalue weighted by molar-refractivity contribution is 0.555. The highest BCUT2D eigenvalue weighted by Crippen LogP contribution is 2.37. The average Bonchev–Trinajstić information content (AvgIpc) is 3.13. The van der Waals surface area contributed by atoms with Gasteiger partial charge in [-0.3, -0.25) is 4.99 Å². The molecule has 1 heterocycles. The summed E-state index contributed by atoms with van der Waals surface area (Å²) in [4.78, 5) is 4.80. The van der Waals surface area contributed by atoms with Crippen LogP contribution in [0.15, 0.2) is 71.7 Å². The molecule has 0 fully saturated rings. The van der Waals surface area contributed by atoms with Gasteiger partial charge >= 0.3 is 0 Å². The van der Waals surface area contributed by atoms with Crippen molar-refractivity contribution in [2.24, 2.45) is 4.99 Å². The van der Waals surface area contributed by atoms with Gasteiger partial charge in [0.2, 0.25) is 0 Å². The van der Waals surface area contributed by atoms with E-state index in [0.29, 0.717) is 22.9 Å². The lowest BCUT2D eigenvalue weighted by atomic mass is 9.95. The molecule has 0 unspecified atom stereocenters. The van der Waals surface area contributed by atoms with E-state index in [1.807, 2.05) is 24.3 Å². The summed E-state index contributed by atoms with van der Waals surface area (Å²) in [7, 11) is 0. The third kappa shape index (κ3) is 4.60. The lowest BCUT2D eigenvalue weighted by Gasteiger charge is -2.20. The van der Waals surface area contributed by atoms with Crippen molar-refractivity contribution < 1.29 is 8.78 Å². The summed E-state index contributed by atoms with van der Waals surface area (Å²) in [6.45, 7) is 0. The van der Waals surface area contributed by atoms with Gasteiger partial charge in [-0.1, -0.05) is 53.5 Å². The lowest BCUT2D eigenvalue weighted by Crippen LogP contribution is -2.24. The Morgan fingerprint density at radius 2 is 1.48 bits per heavy atom. The van der Waals surface area contributed by atoms with Crippen molar-refractivity contribution in [3.63, 3.8) is 0 Å². The van der Waals surface area contributed by atoms with Gasteiger partial charge in [-0.25, -0.2) is 8.78 Å². The summed E-state index contributed by atoms with van der Waals surface area (Å²) in [5.74, 6) is 0.158. The molecule has 0 aromatic heterocycles. The first-order valence-electron chi connectivity index (χ1n) is 9.27. The minimum atomic E-state index is -0.337. The molecule has 3 aromatic carbocycles. The normalized spacial score (nSPS) is 18.4. The minimum absolute atomic E-state index is 0.267. The zero-order valence-electron chi connectivity index (χ0n) is 15.4. The summed E-state index contributed by atoms with van der Waals surface area (Å²) in [5.41, 5.74) is 2.56. The van der Waals surface area contributed by atoms with E-state index in [0.717, 1.165) is 22.5 Å². The third-order valence-corrected chi connectivity index (χ3v) is 5.70. The maximum Gasteiger partial charge on any atom is 0.123 e. The van der Waals surface area contributed by atoms with E-state index in [1.54, 1.807) is 18.2 Å². The highest BCUT2D eigenvalue weighted by molar-refractivity contribution is 6.42. The summed E-state index contributed by atoms with van der Waals surface area (Å²) in [5, 5.41) is 4.43. The molecule has 2 atom stereocenters. The van der Waals surface area contributed by atoms with Crippen LogP contribution in [0.2, 0.25) is 10.0 Å². The van der Waals surface area contributed by atoms with E-state index < -0.39 is 0 Å². The Bertz CT molecular complexity index is 1070. The fraction of sp³-hybridized carbons (Fsp3) is 0.174.